The molecule has 0 spiro atoms. The molecule has 0 bridgehead atoms. The Hall–Kier alpha value is -1.76. The summed E-state index contributed by atoms with van der Waals surface area (Å²) in [6, 6.07) is 2.81. The summed E-state index contributed by atoms with van der Waals surface area (Å²) < 4.78 is 11.2. The average Bonchev–Trinajstić information content (AvgIpc) is 2.64. The lowest BCUT2D eigenvalue weighted by molar-refractivity contribution is 0.174. The Labute approximate surface area is 99.5 Å². The van der Waals surface area contributed by atoms with Crippen molar-refractivity contribution < 1.29 is 14.3 Å². The van der Waals surface area contributed by atoms with Crippen LogP contribution >= 0.6 is 15.9 Å². The smallest absolute Gasteiger partial charge is 0.332 e. The van der Waals surface area contributed by atoms with Crippen molar-refractivity contribution in [2.24, 2.45) is 10.8 Å². The van der Waals surface area contributed by atoms with E-state index in [0.717, 1.165) is 10.0 Å². The van der Waals surface area contributed by atoms with Gasteiger partial charge in [0.05, 0.1) is 6.21 Å². The number of amides is 2. The molecule has 0 unspecified atom stereocenters. The molecule has 0 aliphatic carbocycles. The van der Waals surface area contributed by atoms with E-state index < -0.39 is 6.03 Å². The highest BCUT2D eigenvalue weighted by atomic mass is 79.9. The lowest BCUT2D eigenvalue weighted by Gasteiger charge is -2.01. The van der Waals surface area contributed by atoms with Gasteiger partial charge in [-0.15, -0.1) is 0 Å². The highest BCUT2D eigenvalue weighted by Gasteiger charge is 2.15. The van der Waals surface area contributed by atoms with Gasteiger partial charge in [0.2, 0.25) is 6.79 Å². The Morgan fingerprint density at radius 3 is 2.88 bits per heavy atom. The molecule has 0 fully saturated rings. The third kappa shape index (κ3) is 2.25. The van der Waals surface area contributed by atoms with Crippen LogP contribution in [0.5, 0.6) is 11.5 Å². The van der Waals surface area contributed by atoms with E-state index >= 15 is 0 Å². The molecule has 0 radical (unpaired) electrons. The average molecular weight is 286 g/mol. The molecule has 0 saturated carbocycles. The van der Waals surface area contributed by atoms with Crippen LogP contribution in [-0.4, -0.2) is 19.0 Å². The minimum atomic E-state index is -0.715. The van der Waals surface area contributed by atoms with E-state index in [9.17, 15) is 4.79 Å². The first kappa shape index (κ1) is 10.7. The number of hydrazone groups is 1. The Morgan fingerprint density at radius 1 is 1.50 bits per heavy atom. The quantitative estimate of drug-likeness (QED) is 0.632. The van der Waals surface area contributed by atoms with Gasteiger partial charge >= 0.3 is 6.03 Å². The fourth-order valence-corrected chi connectivity index (χ4v) is 1.62. The molecule has 0 aromatic heterocycles. The number of rotatable bonds is 2. The van der Waals surface area contributed by atoms with E-state index in [1.165, 1.54) is 6.21 Å². The summed E-state index contributed by atoms with van der Waals surface area (Å²) in [7, 11) is 0. The molecular formula is C9H8BrN3O3. The van der Waals surface area contributed by atoms with Crippen molar-refractivity contribution in [2.75, 3.05) is 6.79 Å². The SMILES string of the molecule is NC(=O)NN=Cc1cc2c(cc1Br)OCO2. The van der Waals surface area contributed by atoms with Gasteiger partial charge in [0.1, 0.15) is 0 Å². The number of carbonyl (C=O) groups is 1. The van der Waals surface area contributed by atoms with Crippen LogP contribution in [0.15, 0.2) is 21.7 Å². The number of carbonyl (C=O) groups excluding carboxylic acids is 1. The van der Waals surface area contributed by atoms with E-state index in [2.05, 4.69) is 26.5 Å². The van der Waals surface area contributed by atoms with Gasteiger partial charge in [-0.25, -0.2) is 10.2 Å². The summed E-state index contributed by atoms with van der Waals surface area (Å²) in [5.41, 5.74) is 7.72. The van der Waals surface area contributed by atoms with Gasteiger partial charge in [-0.1, -0.05) is 0 Å². The Kier molecular flexibility index (Phi) is 2.95. The van der Waals surface area contributed by atoms with Gasteiger partial charge in [0.25, 0.3) is 0 Å². The second kappa shape index (κ2) is 4.40. The highest BCUT2D eigenvalue weighted by molar-refractivity contribution is 9.10. The molecule has 6 nitrogen and oxygen atoms in total. The third-order valence-electron chi connectivity index (χ3n) is 1.87. The molecule has 0 atom stereocenters. The van der Waals surface area contributed by atoms with Gasteiger partial charge in [-0.05, 0) is 28.1 Å². The van der Waals surface area contributed by atoms with Crippen LogP contribution in [0.4, 0.5) is 4.79 Å². The van der Waals surface area contributed by atoms with Crippen LogP contribution in [-0.2, 0) is 0 Å². The van der Waals surface area contributed by atoms with Gasteiger partial charge in [0, 0.05) is 10.0 Å². The fraction of sp³-hybridized carbons (Fsp3) is 0.111. The second-order valence-corrected chi connectivity index (χ2v) is 3.82. The number of halogens is 1. The number of nitrogens with one attached hydrogen (secondary N) is 1. The number of ether oxygens (including phenoxy) is 2. The molecule has 84 valence electrons. The van der Waals surface area contributed by atoms with Crippen LogP contribution < -0.4 is 20.6 Å². The lowest BCUT2D eigenvalue weighted by Crippen LogP contribution is -2.24. The normalized spacial score (nSPS) is 13.1. The summed E-state index contributed by atoms with van der Waals surface area (Å²) in [6.45, 7) is 0.210. The monoisotopic (exact) mass is 285 g/mol. The molecule has 7 heteroatoms. The summed E-state index contributed by atoms with van der Waals surface area (Å²) in [5.74, 6) is 1.32. The van der Waals surface area contributed by atoms with Crippen molar-refractivity contribution >= 4 is 28.2 Å². The standard InChI is InChI=1S/C9H8BrN3O3/c10-6-2-8-7(15-4-16-8)1-5(6)3-12-13-9(11)14/h1-3H,4H2,(H3,11,13,14). The molecule has 3 N–H and O–H groups in total. The van der Waals surface area contributed by atoms with Gasteiger partial charge in [-0.2, -0.15) is 5.10 Å². The van der Waals surface area contributed by atoms with Crippen LogP contribution in [0, 0.1) is 0 Å². The van der Waals surface area contributed by atoms with Crippen LogP contribution in [0.3, 0.4) is 0 Å². The molecule has 16 heavy (non-hydrogen) atoms. The zero-order valence-electron chi connectivity index (χ0n) is 8.07. The molecule has 1 aliphatic rings. The van der Waals surface area contributed by atoms with E-state index in [-0.39, 0.29) is 6.79 Å². The lowest BCUT2D eigenvalue weighted by atomic mass is 10.2. The Bertz CT molecular complexity index is 462. The number of hydrogen-bond acceptors (Lipinski definition) is 4. The number of nitrogens with zero attached hydrogens (tertiary/aromatic N) is 1. The maximum atomic E-state index is 10.4. The highest BCUT2D eigenvalue weighted by Crippen LogP contribution is 2.36. The number of fused-ring (bicyclic) bond motifs is 1. The molecule has 1 heterocycles. The maximum absolute atomic E-state index is 10.4. The zero-order valence-corrected chi connectivity index (χ0v) is 9.65. The predicted octanol–water partition coefficient (Wildman–Crippen LogP) is 1.18. The summed E-state index contributed by atoms with van der Waals surface area (Å²) in [6.07, 6.45) is 1.46. The van der Waals surface area contributed by atoms with Crippen molar-refractivity contribution in [2.45, 2.75) is 0 Å². The molecule has 1 aromatic rings. The number of hydrogen-bond donors (Lipinski definition) is 2. The van der Waals surface area contributed by atoms with Crippen molar-refractivity contribution in [1.29, 1.82) is 0 Å². The molecule has 2 amide bonds. The van der Waals surface area contributed by atoms with E-state index in [1.807, 2.05) is 0 Å². The minimum Gasteiger partial charge on any atom is -0.454 e. The van der Waals surface area contributed by atoms with Gasteiger partial charge < -0.3 is 15.2 Å². The summed E-state index contributed by atoms with van der Waals surface area (Å²) >= 11 is 3.35. The molecule has 0 saturated heterocycles. The maximum Gasteiger partial charge on any atom is 0.332 e. The second-order valence-electron chi connectivity index (χ2n) is 2.96. The van der Waals surface area contributed by atoms with Crippen molar-refractivity contribution in [3.8, 4) is 11.5 Å². The van der Waals surface area contributed by atoms with Crippen molar-refractivity contribution in [3.63, 3.8) is 0 Å². The molecule has 1 aliphatic heterocycles. The fourth-order valence-electron chi connectivity index (χ4n) is 1.20. The number of urea groups is 1. The van der Waals surface area contributed by atoms with Gasteiger partial charge in [0.15, 0.2) is 11.5 Å². The molecule has 2 rings (SSSR count). The largest absolute Gasteiger partial charge is 0.454 e. The van der Waals surface area contributed by atoms with Gasteiger partial charge in [-0.3, -0.25) is 0 Å². The topological polar surface area (TPSA) is 85.9 Å². The van der Waals surface area contributed by atoms with Crippen molar-refractivity contribution in [1.82, 2.24) is 5.43 Å². The summed E-state index contributed by atoms with van der Waals surface area (Å²) in [5, 5.41) is 3.65. The zero-order chi connectivity index (χ0) is 11.5. The predicted molar refractivity (Wildman–Crippen MR) is 60.6 cm³/mol. The van der Waals surface area contributed by atoms with Crippen molar-refractivity contribution in [3.05, 3.63) is 22.2 Å². The minimum absolute atomic E-state index is 0.210. The Balaban J connectivity index is 2.21. The number of nitrogens with two attached hydrogens (primary N) is 1. The first-order chi connectivity index (χ1) is 7.66. The first-order valence-corrected chi connectivity index (χ1v) is 5.14. The Morgan fingerprint density at radius 2 is 2.19 bits per heavy atom. The number of benzene rings is 1. The van der Waals surface area contributed by atoms with E-state index in [4.69, 9.17) is 15.2 Å². The molecule has 1 aromatic carbocycles. The van der Waals surface area contributed by atoms with Crippen LogP contribution in [0.1, 0.15) is 5.56 Å². The third-order valence-corrected chi connectivity index (χ3v) is 2.56. The van der Waals surface area contributed by atoms with Crippen LogP contribution in [0.2, 0.25) is 0 Å². The van der Waals surface area contributed by atoms with E-state index in [1.54, 1.807) is 12.1 Å². The molecular weight excluding hydrogens is 278 g/mol. The number of primary amides is 1. The first-order valence-electron chi connectivity index (χ1n) is 4.34. The summed E-state index contributed by atoms with van der Waals surface area (Å²) in [4.78, 5) is 10.4. The van der Waals surface area contributed by atoms with Crippen LogP contribution in [0.25, 0.3) is 0 Å². The van der Waals surface area contributed by atoms with E-state index in [0.29, 0.717) is 11.5 Å².